The van der Waals surface area contributed by atoms with E-state index < -0.39 is 54.3 Å². The fourth-order valence-corrected chi connectivity index (χ4v) is 15.3. The Balaban J connectivity index is 5.17. The van der Waals surface area contributed by atoms with Gasteiger partial charge in [-0.2, -0.15) is 4.31 Å². The lowest BCUT2D eigenvalue weighted by Gasteiger charge is -2.25. The predicted octanol–water partition coefficient (Wildman–Crippen LogP) is 2.47. The summed E-state index contributed by atoms with van der Waals surface area (Å²) in [5.74, 6) is 0.0391. The van der Waals surface area contributed by atoms with Gasteiger partial charge in [-0.25, -0.2) is 34.7 Å². The molecule has 0 atom stereocenters. The number of hydrogen-bond acceptors (Lipinski definition) is 6. The van der Waals surface area contributed by atoms with Gasteiger partial charge in [0.2, 0.25) is 30.1 Å². The van der Waals surface area contributed by atoms with E-state index in [9.17, 15) is 25.3 Å². The van der Waals surface area contributed by atoms with Gasteiger partial charge >= 0.3 is 0 Å². The van der Waals surface area contributed by atoms with E-state index in [1.54, 1.807) is 0 Å². The summed E-state index contributed by atoms with van der Waals surface area (Å²) in [4.78, 5) is 0. The molecule has 206 valence electrons. The van der Waals surface area contributed by atoms with Crippen LogP contribution in [0.1, 0.15) is 0 Å². The molecule has 0 heterocycles. The van der Waals surface area contributed by atoms with Crippen molar-refractivity contribution < 1.29 is 25.3 Å². The Hall–Kier alpha value is 0.381. The average Bonchev–Trinajstić information content (AvgIpc) is 2.60. The van der Waals surface area contributed by atoms with E-state index >= 15 is 0 Å². The predicted molar refractivity (Wildman–Crippen MR) is 153 cm³/mol. The number of rotatable bonds is 18. The molecular formula is C19H49N3O6S3Si3. The van der Waals surface area contributed by atoms with Gasteiger partial charge in [-0.05, 0) is 18.1 Å². The van der Waals surface area contributed by atoms with Crippen LogP contribution in [0.25, 0.3) is 0 Å². The maximum atomic E-state index is 13.0. The van der Waals surface area contributed by atoms with Crippen LogP contribution in [0.5, 0.6) is 0 Å². The van der Waals surface area contributed by atoms with Gasteiger partial charge < -0.3 is 0 Å². The van der Waals surface area contributed by atoms with Gasteiger partial charge in [0.1, 0.15) is 0 Å². The molecule has 0 rings (SSSR count). The Kier molecular flexibility index (Phi) is 13.4. The highest BCUT2D eigenvalue weighted by Crippen LogP contribution is 2.13. The van der Waals surface area contributed by atoms with Crippen molar-refractivity contribution in [2.75, 3.05) is 43.4 Å². The van der Waals surface area contributed by atoms with Crippen LogP contribution in [0.2, 0.25) is 77.1 Å². The van der Waals surface area contributed by atoms with Gasteiger partial charge in [-0.1, -0.05) is 58.9 Å². The molecule has 0 amide bonds. The lowest BCUT2D eigenvalue weighted by molar-refractivity contribution is 0.415. The zero-order valence-corrected chi connectivity index (χ0v) is 28.1. The summed E-state index contributed by atoms with van der Waals surface area (Å²) in [6.07, 6.45) is 0. The first kappa shape index (κ1) is 34.4. The second-order valence-corrected chi connectivity index (χ2v) is 35.4. The zero-order valence-electron chi connectivity index (χ0n) is 22.7. The van der Waals surface area contributed by atoms with Crippen LogP contribution >= 0.6 is 0 Å². The van der Waals surface area contributed by atoms with Crippen molar-refractivity contribution in [2.45, 2.75) is 77.1 Å². The number of nitrogens with zero attached hydrogens (tertiary/aromatic N) is 1. The first-order chi connectivity index (χ1) is 14.9. The number of sulfonamides is 3. The molecule has 0 unspecified atom stereocenters. The second kappa shape index (κ2) is 13.3. The van der Waals surface area contributed by atoms with Gasteiger partial charge in [0.05, 0.1) is 17.3 Å². The third-order valence-corrected chi connectivity index (χ3v) is 16.1. The van der Waals surface area contributed by atoms with Crippen LogP contribution < -0.4 is 9.44 Å². The van der Waals surface area contributed by atoms with E-state index in [1.807, 2.05) is 0 Å². The molecule has 0 aromatic heterocycles. The lowest BCUT2D eigenvalue weighted by atomic mass is 10.6. The summed E-state index contributed by atoms with van der Waals surface area (Å²) < 4.78 is 81.6. The molecule has 34 heavy (non-hydrogen) atoms. The molecule has 0 aliphatic rings. The third-order valence-electron chi connectivity index (χ3n) is 5.11. The standard InChI is InChI=1S/C19H49N3O6S3Si3/c1-32(2,3)17-14-29(23,24)20-10-12-22(31(27,28)16-19-34(7,8)9)13-11-21-30(25,26)15-18-33(4,5)6/h20-21H,10-19H2,1-9H3. The molecule has 0 aromatic rings. The lowest BCUT2D eigenvalue weighted by Crippen LogP contribution is -2.45. The molecule has 0 fully saturated rings. The summed E-state index contributed by atoms with van der Waals surface area (Å²) in [7, 11) is -15.3. The number of hydrogen-bond donors (Lipinski definition) is 2. The topological polar surface area (TPSA) is 130 Å². The Morgan fingerprint density at radius 2 is 0.824 bits per heavy atom. The van der Waals surface area contributed by atoms with Crippen LogP contribution in [0.4, 0.5) is 0 Å². The van der Waals surface area contributed by atoms with Crippen LogP contribution in [0, 0.1) is 0 Å². The first-order valence-electron chi connectivity index (χ1n) is 11.9. The zero-order chi connectivity index (χ0) is 27.1. The minimum absolute atomic E-state index is 0.0204. The molecule has 0 aliphatic heterocycles. The summed E-state index contributed by atoms with van der Waals surface area (Å²) in [6.45, 7) is 18.7. The maximum Gasteiger partial charge on any atom is 0.213 e. The summed E-state index contributed by atoms with van der Waals surface area (Å²) in [5, 5.41) is 0. The van der Waals surface area contributed by atoms with E-state index in [0.29, 0.717) is 18.1 Å². The SMILES string of the molecule is C[Si](C)(C)CCS(=O)(=O)NCCN(CCNS(=O)(=O)CC[Si](C)(C)C)S(=O)(=O)CC[Si](C)(C)C. The van der Waals surface area contributed by atoms with Gasteiger partial charge in [-0.3, -0.25) is 0 Å². The first-order valence-corrected chi connectivity index (χ1v) is 27.9. The largest absolute Gasteiger partial charge is 0.214 e. The van der Waals surface area contributed by atoms with Crippen LogP contribution in [0.3, 0.4) is 0 Å². The van der Waals surface area contributed by atoms with Gasteiger partial charge in [-0.15, -0.1) is 0 Å². The van der Waals surface area contributed by atoms with Gasteiger partial charge in [0, 0.05) is 50.4 Å². The summed E-state index contributed by atoms with van der Waals surface area (Å²) in [6, 6.07) is 1.83. The van der Waals surface area contributed by atoms with E-state index in [2.05, 4.69) is 68.4 Å². The highest BCUT2D eigenvalue weighted by Gasteiger charge is 2.27. The molecular weight excluding hydrogens is 547 g/mol. The van der Waals surface area contributed by atoms with Crippen LogP contribution in [-0.4, -0.2) is 97.2 Å². The fourth-order valence-electron chi connectivity index (χ4n) is 2.63. The highest BCUT2D eigenvalue weighted by molar-refractivity contribution is 7.90. The van der Waals surface area contributed by atoms with Crippen molar-refractivity contribution >= 4 is 54.3 Å². The monoisotopic (exact) mass is 595 g/mol. The second-order valence-electron chi connectivity index (χ2n) is 12.6. The van der Waals surface area contributed by atoms with Crippen LogP contribution in [-0.2, 0) is 30.1 Å². The summed E-state index contributed by atoms with van der Waals surface area (Å²) in [5.41, 5.74) is 0. The number of nitrogens with one attached hydrogen (secondary N) is 2. The molecule has 15 heteroatoms. The minimum atomic E-state index is -3.65. The Bertz CT molecular complexity index is 882. The molecule has 2 N–H and O–H groups in total. The van der Waals surface area contributed by atoms with E-state index in [0.717, 1.165) is 0 Å². The van der Waals surface area contributed by atoms with Crippen molar-refractivity contribution in [3.05, 3.63) is 0 Å². The molecule has 0 aromatic carbocycles. The fraction of sp³-hybridized carbons (Fsp3) is 1.00. The normalized spacial score (nSPS) is 14.6. The molecule has 0 radical (unpaired) electrons. The quantitative estimate of drug-likeness (QED) is 0.234. The van der Waals surface area contributed by atoms with E-state index in [-0.39, 0.29) is 43.4 Å². The van der Waals surface area contributed by atoms with Crippen molar-refractivity contribution in [1.82, 2.24) is 13.7 Å². The van der Waals surface area contributed by atoms with Crippen LogP contribution in [0.15, 0.2) is 0 Å². The highest BCUT2D eigenvalue weighted by atomic mass is 32.2. The van der Waals surface area contributed by atoms with Gasteiger partial charge in [0.15, 0.2) is 0 Å². The van der Waals surface area contributed by atoms with Crippen molar-refractivity contribution in [2.24, 2.45) is 0 Å². The minimum Gasteiger partial charge on any atom is -0.214 e. The van der Waals surface area contributed by atoms with Crippen molar-refractivity contribution in [3.63, 3.8) is 0 Å². The molecule has 9 nitrogen and oxygen atoms in total. The Morgan fingerprint density at radius 1 is 0.529 bits per heavy atom. The third kappa shape index (κ3) is 18.6. The Labute approximate surface area is 213 Å². The van der Waals surface area contributed by atoms with Gasteiger partial charge in [0.25, 0.3) is 0 Å². The maximum absolute atomic E-state index is 13.0. The molecule has 0 bridgehead atoms. The van der Waals surface area contributed by atoms with E-state index in [1.165, 1.54) is 4.31 Å². The molecule has 0 spiro atoms. The van der Waals surface area contributed by atoms with Crippen molar-refractivity contribution in [3.8, 4) is 0 Å². The Morgan fingerprint density at radius 3 is 1.12 bits per heavy atom. The van der Waals surface area contributed by atoms with Crippen molar-refractivity contribution in [1.29, 1.82) is 0 Å². The molecule has 0 saturated carbocycles. The molecule has 0 aliphatic carbocycles. The van der Waals surface area contributed by atoms with E-state index in [4.69, 9.17) is 0 Å². The average molecular weight is 596 g/mol. The smallest absolute Gasteiger partial charge is 0.213 e. The molecule has 0 saturated heterocycles. The summed E-state index contributed by atoms with van der Waals surface area (Å²) >= 11 is 0.